The Morgan fingerprint density at radius 2 is 1.40 bits per heavy atom. The van der Waals surface area contributed by atoms with Crippen LogP contribution in [0.15, 0.2) is 0 Å². The maximum atomic E-state index is 5.89. The Bertz CT molecular complexity index is 358. The van der Waals surface area contributed by atoms with Gasteiger partial charge in [0.1, 0.15) is 11.5 Å². The van der Waals surface area contributed by atoms with Crippen LogP contribution in [0.25, 0.3) is 0 Å². The maximum absolute atomic E-state index is 5.89. The van der Waals surface area contributed by atoms with Crippen LogP contribution in [0.1, 0.15) is 53.1 Å². The Balaban J connectivity index is 3.21. The first kappa shape index (κ1) is 11.9. The third kappa shape index (κ3) is 2.64. The Hall–Kier alpha value is -1.19. The van der Waals surface area contributed by atoms with Gasteiger partial charge in [-0.2, -0.15) is 0 Å². The summed E-state index contributed by atoms with van der Waals surface area (Å²) in [7, 11) is 0. The van der Waals surface area contributed by atoms with Crippen molar-refractivity contribution in [3.63, 3.8) is 0 Å². The molecule has 4 heteroatoms. The van der Waals surface area contributed by atoms with E-state index in [0.717, 1.165) is 5.69 Å². The van der Waals surface area contributed by atoms with Crippen molar-refractivity contribution < 1.29 is 0 Å². The molecular weight excluding hydrogens is 188 g/mol. The zero-order valence-electron chi connectivity index (χ0n) is 10.4. The molecule has 84 valence electrons. The van der Waals surface area contributed by atoms with Crippen LogP contribution in [0.2, 0.25) is 0 Å². The molecule has 0 radical (unpaired) electrons. The van der Waals surface area contributed by atoms with E-state index in [9.17, 15) is 0 Å². The second-order valence-corrected chi connectivity index (χ2v) is 5.87. The van der Waals surface area contributed by atoms with Gasteiger partial charge in [-0.15, -0.1) is 10.2 Å². The van der Waals surface area contributed by atoms with Crippen molar-refractivity contribution >= 4 is 5.82 Å². The van der Waals surface area contributed by atoms with E-state index in [-0.39, 0.29) is 10.8 Å². The molecule has 0 spiro atoms. The van der Waals surface area contributed by atoms with Crippen molar-refractivity contribution in [1.29, 1.82) is 0 Å². The lowest BCUT2D eigenvalue weighted by molar-refractivity contribution is 0.508. The average Bonchev–Trinajstić information content (AvgIpc) is 1.99. The van der Waals surface area contributed by atoms with Gasteiger partial charge in [-0.1, -0.05) is 41.5 Å². The lowest BCUT2D eigenvalue weighted by Gasteiger charge is -2.21. The molecule has 0 aliphatic rings. The van der Waals surface area contributed by atoms with E-state index >= 15 is 0 Å². The molecule has 0 aliphatic heterocycles. The highest BCUT2D eigenvalue weighted by Crippen LogP contribution is 2.25. The largest absolute Gasteiger partial charge is 0.382 e. The van der Waals surface area contributed by atoms with E-state index in [1.807, 2.05) is 41.5 Å². The van der Waals surface area contributed by atoms with Gasteiger partial charge in [0.05, 0.1) is 0 Å². The summed E-state index contributed by atoms with van der Waals surface area (Å²) in [5, 5.41) is 8.31. The summed E-state index contributed by atoms with van der Waals surface area (Å²) in [4.78, 5) is 4.32. The second kappa shape index (κ2) is 3.43. The molecule has 1 aromatic heterocycles. The molecular formula is C11H20N4. The SMILES string of the molecule is CC(C)(C)c1nnc(C(C)(C)C)c(N)n1. The van der Waals surface area contributed by atoms with Crippen molar-refractivity contribution in [3.05, 3.63) is 11.5 Å². The molecule has 4 nitrogen and oxygen atoms in total. The summed E-state index contributed by atoms with van der Waals surface area (Å²) < 4.78 is 0. The number of hydrogen-bond donors (Lipinski definition) is 1. The summed E-state index contributed by atoms with van der Waals surface area (Å²) in [6, 6.07) is 0. The number of aromatic nitrogens is 3. The fraction of sp³-hybridized carbons (Fsp3) is 0.727. The third-order valence-electron chi connectivity index (χ3n) is 2.09. The van der Waals surface area contributed by atoms with Gasteiger partial charge in [-0.3, -0.25) is 0 Å². The van der Waals surface area contributed by atoms with Gasteiger partial charge in [0.15, 0.2) is 5.82 Å². The van der Waals surface area contributed by atoms with E-state index in [4.69, 9.17) is 5.73 Å². The Kier molecular flexibility index (Phi) is 2.72. The molecule has 2 N–H and O–H groups in total. The van der Waals surface area contributed by atoms with Gasteiger partial charge in [0, 0.05) is 10.8 Å². The van der Waals surface area contributed by atoms with E-state index in [2.05, 4.69) is 15.2 Å². The molecule has 1 aromatic rings. The minimum absolute atomic E-state index is 0.111. The van der Waals surface area contributed by atoms with Crippen LogP contribution < -0.4 is 5.73 Å². The first-order valence-electron chi connectivity index (χ1n) is 5.13. The van der Waals surface area contributed by atoms with E-state index in [0.29, 0.717) is 11.6 Å². The first-order valence-corrected chi connectivity index (χ1v) is 5.13. The molecule has 15 heavy (non-hydrogen) atoms. The monoisotopic (exact) mass is 208 g/mol. The van der Waals surface area contributed by atoms with Gasteiger partial charge < -0.3 is 5.73 Å². The zero-order chi connectivity index (χ0) is 11.9. The molecule has 0 saturated heterocycles. The van der Waals surface area contributed by atoms with Crippen LogP contribution in [-0.2, 0) is 10.8 Å². The van der Waals surface area contributed by atoms with Gasteiger partial charge in [-0.05, 0) is 0 Å². The lowest BCUT2D eigenvalue weighted by atomic mass is 9.91. The van der Waals surface area contributed by atoms with E-state index < -0.39 is 0 Å². The summed E-state index contributed by atoms with van der Waals surface area (Å²) >= 11 is 0. The molecule has 0 fully saturated rings. The molecule has 0 unspecified atom stereocenters. The Morgan fingerprint density at radius 3 is 1.73 bits per heavy atom. The molecule has 1 rings (SSSR count). The van der Waals surface area contributed by atoms with Crippen LogP contribution in [0.4, 0.5) is 5.82 Å². The minimum atomic E-state index is -0.114. The van der Waals surface area contributed by atoms with Crippen LogP contribution in [0, 0.1) is 0 Å². The first-order chi connectivity index (χ1) is 6.62. The van der Waals surface area contributed by atoms with Crippen LogP contribution >= 0.6 is 0 Å². The number of nitrogens with two attached hydrogens (primary N) is 1. The van der Waals surface area contributed by atoms with Crippen molar-refractivity contribution in [1.82, 2.24) is 15.2 Å². The van der Waals surface area contributed by atoms with Crippen LogP contribution in [0.5, 0.6) is 0 Å². The third-order valence-corrected chi connectivity index (χ3v) is 2.09. The van der Waals surface area contributed by atoms with Crippen molar-refractivity contribution in [3.8, 4) is 0 Å². The quantitative estimate of drug-likeness (QED) is 0.708. The standard InChI is InChI=1S/C11H20N4/c1-10(2,3)7-8(12)13-9(15-14-7)11(4,5)6/h1-6H3,(H2,12,13,15). The smallest absolute Gasteiger partial charge is 0.158 e. The molecule has 0 saturated carbocycles. The highest BCUT2D eigenvalue weighted by atomic mass is 15.2. The Labute approximate surface area is 91.3 Å². The summed E-state index contributed by atoms with van der Waals surface area (Å²) in [6.45, 7) is 12.3. The second-order valence-electron chi connectivity index (χ2n) is 5.87. The van der Waals surface area contributed by atoms with Gasteiger partial charge >= 0.3 is 0 Å². The van der Waals surface area contributed by atoms with Gasteiger partial charge in [0.25, 0.3) is 0 Å². The van der Waals surface area contributed by atoms with Crippen LogP contribution in [-0.4, -0.2) is 15.2 Å². The van der Waals surface area contributed by atoms with Crippen molar-refractivity contribution in [2.24, 2.45) is 0 Å². The van der Waals surface area contributed by atoms with Crippen molar-refractivity contribution in [2.45, 2.75) is 52.4 Å². The maximum Gasteiger partial charge on any atom is 0.158 e. The molecule has 0 atom stereocenters. The molecule has 0 aromatic carbocycles. The highest BCUT2D eigenvalue weighted by Gasteiger charge is 2.24. The predicted octanol–water partition coefficient (Wildman–Crippen LogP) is 2.05. The number of rotatable bonds is 0. The number of nitrogens with zero attached hydrogens (tertiary/aromatic N) is 3. The average molecular weight is 208 g/mol. The molecule has 1 heterocycles. The summed E-state index contributed by atoms with van der Waals surface area (Å²) in [6.07, 6.45) is 0. The highest BCUT2D eigenvalue weighted by molar-refractivity contribution is 5.38. The fourth-order valence-corrected chi connectivity index (χ4v) is 1.19. The van der Waals surface area contributed by atoms with Gasteiger partial charge in [0.2, 0.25) is 0 Å². The van der Waals surface area contributed by atoms with E-state index in [1.165, 1.54) is 0 Å². The lowest BCUT2D eigenvalue weighted by Crippen LogP contribution is -2.23. The zero-order valence-corrected chi connectivity index (χ0v) is 10.4. The molecule has 0 amide bonds. The van der Waals surface area contributed by atoms with E-state index in [1.54, 1.807) is 0 Å². The fourth-order valence-electron chi connectivity index (χ4n) is 1.19. The molecule has 0 bridgehead atoms. The predicted molar refractivity (Wildman–Crippen MR) is 61.6 cm³/mol. The Morgan fingerprint density at radius 1 is 0.867 bits per heavy atom. The van der Waals surface area contributed by atoms with Crippen molar-refractivity contribution in [2.75, 3.05) is 5.73 Å². The number of hydrogen-bond acceptors (Lipinski definition) is 4. The minimum Gasteiger partial charge on any atom is -0.382 e. The van der Waals surface area contributed by atoms with Gasteiger partial charge in [-0.25, -0.2) is 4.98 Å². The summed E-state index contributed by atoms with van der Waals surface area (Å²) in [5.41, 5.74) is 6.43. The normalized spacial score (nSPS) is 12.9. The molecule has 0 aliphatic carbocycles. The summed E-state index contributed by atoms with van der Waals surface area (Å²) in [5.74, 6) is 1.18. The number of anilines is 1. The van der Waals surface area contributed by atoms with Crippen LogP contribution in [0.3, 0.4) is 0 Å². The number of nitrogen functional groups attached to an aromatic ring is 1. The topological polar surface area (TPSA) is 64.7 Å².